The summed E-state index contributed by atoms with van der Waals surface area (Å²) in [6, 6.07) is 4.20. The maximum absolute atomic E-state index is 12.2. The number of halogens is 1. The summed E-state index contributed by atoms with van der Waals surface area (Å²) in [6.45, 7) is -0.736. The lowest BCUT2D eigenvalue weighted by molar-refractivity contribution is -0.387. The van der Waals surface area contributed by atoms with Crippen LogP contribution in [0.3, 0.4) is 0 Å². The van der Waals surface area contributed by atoms with Gasteiger partial charge in [0.05, 0.1) is 9.82 Å². The van der Waals surface area contributed by atoms with E-state index in [-0.39, 0.29) is 16.1 Å². The van der Waals surface area contributed by atoms with Gasteiger partial charge in [0.1, 0.15) is 6.67 Å². The Morgan fingerprint density at radius 1 is 1.58 bits per heavy atom. The number of hydrogen-bond acceptors (Lipinski definition) is 3. The van der Waals surface area contributed by atoms with Crippen molar-refractivity contribution in [3.05, 3.63) is 33.9 Å². The predicted octanol–water partition coefficient (Wildman–Crippen LogP) is 2.35. The summed E-state index contributed by atoms with van der Waals surface area (Å²) in [5, 5.41) is 10.3. The Morgan fingerprint density at radius 2 is 2.25 bits per heavy atom. The van der Waals surface area contributed by atoms with E-state index in [4.69, 9.17) is 0 Å². The van der Waals surface area contributed by atoms with Crippen molar-refractivity contribution in [2.45, 2.75) is 11.6 Å². The average molecular weight is 187 g/mol. The summed E-state index contributed by atoms with van der Waals surface area (Å²) in [7, 11) is 0. The predicted molar refractivity (Wildman–Crippen MR) is 45.2 cm³/mol. The molecule has 0 aliphatic heterocycles. The Balaban J connectivity index is 3.23. The molecular formula is C7H6FNO2S. The molecule has 0 heterocycles. The molecule has 0 radical (unpaired) electrons. The van der Waals surface area contributed by atoms with Gasteiger partial charge in [0.2, 0.25) is 0 Å². The summed E-state index contributed by atoms with van der Waals surface area (Å²) >= 11 is 3.85. The number of alkyl halides is 1. The molecule has 0 aliphatic carbocycles. The monoisotopic (exact) mass is 187 g/mol. The molecule has 0 fully saturated rings. The van der Waals surface area contributed by atoms with E-state index >= 15 is 0 Å². The Kier molecular flexibility index (Phi) is 2.65. The number of nitrogens with zero attached hydrogens (tertiary/aromatic N) is 1. The SMILES string of the molecule is O=[N+]([O-])c1cccc(CF)c1S. The fraction of sp³-hybridized carbons (Fsp3) is 0.143. The molecule has 0 atom stereocenters. The summed E-state index contributed by atoms with van der Waals surface area (Å²) in [4.78, 5) is 9.84. The highest BCUT2D eigenvalue weighted by atomic mass is 32.1. The zero-order valence-corrected chi connectivity index (χ0v) is 6.92. The van der Waals surface area contributed by atoms with Crippen LogP contribution in [0.25, 0.3) is 0 Å². The normalized spacial score (nSPS) is 9.83. The third-order valence-corrected chi connectivity index (χ3v) is 1.96. The van der Waals surface area contributed by atoms with Crippen LogP contribution in [-0.4, -0.2) is 4.92 Å². The number of nitro benzene ring substituents is 1. The molecule has 0 aromatic heterocycles. The molecular weight excluding hydrogens is 181 g/mol. The Bertz CT molecular complexity index is 316. The fourth-order valence-corrected chi connectivity index (χ4v) is 1.12. The van der Waals surface area contributed by atoms with Gasteiger partial charge in [-0.2, -0.15) is 0 Å². The van der Waals surface area contributed by atoms with Gasteiger partial charge in [0.25, 0.3) is 5.69 Å². The van der Waals surface area contributed by atoms with E-state index < -0.39 is 11.6 Å². The van der Waals surface area contributed by atoms with E-state index in [0.717, 1.165) is 0 Å². The molecule has 1 aromatic rings. The van der Waals surface area contributed by atoms with E-state index in [0.29, 0.717) is 0 Å². The summed E-state index contributed by atoms with van der Waals surface area (Å²) in [5.74, 6) is 0. The van der Waals surface area contributed by atoms with Gasteiger partial charge in [-0.15, -0.1) is 12.6 Å². The summed E-state index contributed by atoms with van der Waals surface area (Å²) < 4.78 is 12.2. The van der Waals surface area contributed by atoms with Crippen LogP contribution < -0.4 is 0 Å². The lowest BCUT2D eigenvalue weighted by Gasteiger charge is -1.99. The molecule has 1 aromatic carbocycles. The molecule has 0 N–H and O–H groups in total. The molecule has 0 unspecified atom stereocenters. The molecule has 0 saturated carbocycles. The molecule has 3 nitrogen and oxygen atoms in total. The molecule has 0 amide bonds. The number of thiol groups is 1. The van der Waals surface area contributed by atoms with E-state index in [9.17, 15) is 14.5 Å². The first-order valence-electron chi connectivity index (χ1n) is 3.18. The topological polar surface area (TPSA) is 43.1 Å². The lowest BCUT2D eigenvalue weighted by Crippen LogP contribution is -1.92. The quantitative estimate of drug-likeness (QED) is 0.438. The standard InChI is InChI=1S/C7H6FNO2S/c8-4-5-2-1-3-6(7(5)12)9(10)11/h1-3,12H,4H2. The fourth-order valence-electron chi connectivity index (χ4n) is 0.833. The van der Waals surface area contributed by atoms with Crippen molar-refractivity contribution in [3.8, 4) is 0 Å². The number of benzene rings is 1. The largest absolute Gasteiger partial charge is 0.282 e. The Morgan fingerprint density at radius 3 is 2.75 bits per heavy atom. The first-order chi connectivity index (χ1) is 5.66. The second-order valence-electron chi connectivity index (χ2n) is 2.18. The minimum atomic E-state index is -0.736. The summed E-state index contributed by atoms with van der Waals surface area (Å²) in [6.07, 6.45) is 0. The second-order valence-corrected chi connectivity index (χ2v) is 2.62. The number of nitro groups is 1. The zero-order valence-electron chi connectivity index (χ0n) is 6.03. The number of rotatable bonds is 2. The third-order valence-electron chi connectivity index (χ3n) is 1.44. The lowest BCUT2D eigenvalue weighted by atomic mass is 10.2. The van der Waals surface area contributed by atoms with Gasteiger partial charge >= 0.3 is 0 Å². The number of hydrogen-bond donors (Lipinski definition) is 1. The minimum Gasteiger partial charge on any atom is -0.258 e. The highest BCUT2D eigenvalue weighted by Crippen LogP contribution is 2.26. The van der Waals surface area contributed by atoms with Gasteiger partial charge in [-0.3, -0.25) is 10.1 Å². The Hall–Kier alpha value is -1.10. The van der Waals surface area contributed by atoms with Crippen molar-refractivity contribution >= 4 is 18.3 Å². The molecule has 5 heteroatoms. The van der Waals surface area contributed by atoms with Gasteiger partial charge in [-0.1, -0.05) is 12.1 Å². The smallest absolute Gasteiger partial charge is 0.258 e. The molecule has 0 saturated heterocycles. The van der Waals surface area contributed by atoms with Crippen LogP contribution >= 0.6 is 12.6 Å². The minimum absolute atomic E-state index is 0.102. The van der Waals surface area contributed by atoms with Gasteiger partial charge in [-0.05, 0) is 0 Å². The van der Waals surface area contributed by atoms with Crippen LogP contribution in [0, 0.1) is 10.1 Å². The molecule has 64 valence electrons. The van der Waals surface area contributed by atoms with Crippen molar-refractivity contribution in [3.63, 3.8) is 0 Å². The molecule has 0 spiro atoms. The van der Waals surface area contributed by atoms with Crippen LogP contribution in [0.5, 0.6) is 0 Å². The zero-order chi connectivity index (χ0) is 9.14. The highest BCUT2D eigenvalue weighted by molar-refractivity contribution is 7.80. The van der Waals surface area contributed by atoms with Crippen molar-refractivity contribution in [2.75, 3.05) is 0 Å². The van der Waals surface area contributed by atoms with E-state index in [1.54, 1.807) is 0 Å². The van der Waals surface area contributed by atoms with Crippen LogP contribution in [0.1, 0.15) is 5.56 Å². The molecule has 12 heavy (non-hydrogen) atoms. The maximum Gasteiger partial charge on any atom is 0.282 e. The van der Waals surface area contributed by atoms with Crippen LogP contribution in [0.15, 0.2) is 23.1 Å². The summed E-state index contributed by atoms with van der Waals surface area (Å²) in [5.41, 5.74) is 0.0843. The van der Waals surface area contributed by atoms with Crippen LogP contribution in [0.2, 0.25) is 0 Å². The first kappa shape index (κ1) is 8.99. The van der Waals surface area contributed by atoms with Crippen molar-refractivity contribution in [2.24, 2.45) is 0 Å². The Labute approximate surface area is 73.8 Å². The average Bonchev–Trinajstić information content (AvgIpc) is 2.04. The molecule has 1 rings (SSSR count). The van der Waals surface area contributed by atoms with Crippen molar-refractivity contribution in [1.29, 1.82) is 0 Å². The van der Waals surface area contributed by atoms with Crippen LogP contribution in [0.4, 0.5) is 10.1 Å². The van der Waals surface area contributed by atoms with E-state index in [1.807, 2.05) is 0 Å². The van der Waals surface area contributed by atoms with E-state index in [2.05, 4.69) is 12.6 Å². The van der Waals surface area contributed by atoms with E-state index in [1.165, 1.54) is 18.2 Å². The van der Waals surface area contributed by atoms with Crippen molar-refractivity contribution in [1.82, 2.24) is 0 Å². The third kappa shape index (κ3) is 1.55. The van der Waals surface area contributed by atoms with Gasteiger partial charge in [0.15, 0.2) is 0 Å². The van der Waals surface area contributed by atoms with Gasteiger partial charge in [0, 0.05) is 11.6 Å². The van der Waals surface area contributed by atoms with Gasteiger partial charge in [-0.25, -0.2) is 4.39 Å². The van der Waals surface area contributed by atoms with Gasteiger partial charge < -0.3 is 0 Å². The maximum atomic E-state index is 12.2. The molecule has 0 bridgehead atoms. The highest BCUT2D eigenvalue weighted by Gasteiger charge is 2.13. The first-order valence-corrected chi connectivity index (χ1v) is 3.62. The second kappa shape index (κ2) is 3.53. The van der Waals surface area contributed by atoms with Crippen LogP contribution in [-0.2, 0) is 6.67 Å². The molecule has 0 aliphatic rings. The van der Waals surface area contributed by atoms with Crippen molar-refractivity contribution < 1.29 is 9.31 Å².